The Morgan fingerprint density at radius 2 is 1.71 bits per heavy atom. The monoisotopic (exact) mass is 432 g/mol. The van der Waals surface area contributed by atoms with Gasteiger partial charge in [0.05, 0.1) is 4.92 Å². The second-order valence-corrected chi connectivity index (χ2v) is 5.24. The SMILES string of the molecule is CC[n+]1c(/C=C/c2ccc([N+](=O)[O-])cc2)ccc2ccccc21.[I-]. The van der Waals surface area contributed by atoms with Crippen molar-refractivity contribution in [2.75, 3.05) is 0 Å². The average molecular weight is 432 g/mol. The molecule has 4 nitrogen and oxygen atoms in total. The number of rotatable bonds is 4. The normalized spacial score (nSPS) is 10.7. The van der Waals surface area contributed by atoms with E-state index in [-0.39, 0.29) is 34.6 Å². The Hall–Kier alpha value is -2.28. The van der Waals surface area contributed by atoms with Crippen LogP contribution in [0.4, 0.5) is 5.69 Å². The molecule has 0 N–H and O–H groups in total. The molecule has 0 saturated heterocycles. The summed E-state index contributed by atoms with van der Waals surface area (Å²) in [5, 5.41) is 11.9. The second-order valence-electron chi connectivity index (χ2n) is 5.24. The van der Waals surface area contributed by atoms with Gasteiger partial charge in [-0.3, -0.25) is 10.1 Å². The molecule has 0 saturated carbocycles. The molecule has 1 heterocycles. The molecule has 3 aromatic rings. The fraction of sp³-hybridized carbons (Fsp3) is 0.105. The van der Waals surface area contributed by atoms with E-state index >= 15 is 0 Å². The largest absolute Gasteiger partial charge is 1.00 e. The Morgan fingerprint density at radius 3 is 2.38 bits per heavy atom. The van der Waals surface area contributed by atoms with Gasteiger partial charge in [0.15, 0.2) is 0 Å². The maximum Gasteiger partial charge on any atom is 0.269 e. The lowest BCUT2D eigenvalue weighted by Crippen LogP contribution is -3.00. The van der Waals surface area contributed by atoms with Crippen molar-refractivity contribution in [2.45, 2.75) is 13.5 Å². The van der Waals surface area contributed by atoms with Gasteiger partial charge in [-0.05, 0) is 42.8 Å². The number of nitrogens with zero attached hydrogens (tertiary/aromatic N) is 2. The summed E-state index contributed by atoms with van der Waals surface area (Å²) in [5.41, 5.74) is 3.34. The van der Waals surface area contributed by atoms with E-state index in [2.05, 4.69) is 35.8 Å². The van der Waals surface area contributed by atoms with E-state index in [4.69, 9.17) is 0 Å². The topological polar surface area (TPSA) is 47.0 Å². The van der Waals surface area contributed by atoms with E-state index in [0.29, 0.717) is 0 Å². The molecule has 0 aliphatic rings. The number of para-hydroxylation sites is 1. The molecule has 1 aromatic heterocycles. The Kier molecular flexibility index (Phi) is 6.03. The van der Waals surface area contributed by atoms with Crippen LogP contribution in [0, 0.1) is 10.1 Å². The van der Waals surface area contributed by atoms with Crippen LogP contribution in [0.5, 0.6) is 0 Å². The van der Waals surface area contributed by atoms with Crippen LogP contribution in [0.15, 0.2) is 60.7 Å². The van der Waals surface area contributed by atoms with Crippen molar-refractivity contribution in [3.8, 4) is 0 Å². The summed E-state index contributed by atoms with van der Waals surface area (Å²) < 4.78 is 2.25. The van der Waals surface area contributed by atoms with Gasteiger partial charge in [-0.25, -0.2) is 0 Å². The zero-order chi connectivity index (χ0) is 16.2. The number of nitro groups is 1. The van der Waals surface area contributed by atoms with E-state index < -0.39 is 0 Å². The highest BCUT2D eigenvalue weighted by atomic mass is 127. The summed E-state index contributed by atoms with van der Waals surface area (Å²) >= 11 is 0. The third-order valence-corrected chi connectivity index (χ3v) is 3.84. The summed E-state index contributed by atoms with van der Waals surface area (Å²) in [4.78, 5) is 10.3. The van der Waals surface area contributed by atoms with Gasteiger partial charge in [-0.1, -0.05) is 12.1 Å². The molecular weight excluding hydrogens is 415 g/mol. The summed E-state index contributed by atoms with van der Waals surface area (Å²) in [6.07, 6.45) is 4.01. The Morgan fingerprint density at radius 1 is 1.00 bits per heavy atom. The Bertz CT molecular complexity index is 890. The molecule has 0 bridgehead atoms. The number of hydrogen-bond donors (Lipinski definition) is 0. The molecule has 24 heavy (non-hydrogen) atoms. The number of aromatic nitrogens is 1. The van der Waals surface area contributed by atoms with E-state index in [9.17, 15) is 10.1 Å². The molecule has 5 heteroatoms. The quantitative estimate of drug-likeness (QED) is 0.270. The third-order valence-electron chi connectivity index (χ3n) is 3.84. The molecule has 0 amide bonds. The summed E-state index contributed by atoms with van der Waals surface area (Å²) in [6.45, 7) is 3.00. The fourth-order valence-corrected chi connectivity index (χ4v) is 2.67. The summed E-state index contributed by atoms with van der Waals surface area (Å²) in [6, 6.07) is 19.0. The molecule has 0 unspecified atom stereocenters. The predicted molar refractivity (Wildman–Crippen MR) is 91.8 cm³/mol. The van der Waals surface area contributed by atoms with Crippen LogP contribution in [0.2, 0.25) is 0 Å². The molecule has 0 atom stereocenters. The molecule has 3 rings (SSSR count). The van der Waals surface area contributed by atoms with Gasteiger partial charge in [0.1, 0.15) is 6.54 Å². The zero-order valence-electron chi connectivity index (χ0n) is 13.2. The lowest BCUT2D eigenvalue weighted by atomic mass is 10.1. The van der Waals surface area contributed by atoms with E-state index in [1.807, 2.05) is 24.3 Å². The fourth-order valence-electron chi connectivity index (χ4n) is 2.67. The minimum absolute atomic E-state index is 0. The predicted octanol–water partition coefficient (Wildman–Crippen LogP) is 1.23. The maximum absolute atomic E-state index is 10.7. The second kappa shape index (κ2) is 8.01. The first-order valence-corrected chi connectivity index (χ1v) is 7.53. The van der Waals surface area contributed by atoms with Crippen molar-refractivity contribution in [3.63, 3.8) is 0 Å². The van der Waals surface area contributed by atoms with Crippen LogP contribution in [-0.4, -0.2) is 4.92 Å². The van der Waals surface area contributed by atoms with Crippen molar-refractivity contribution in [1.29, 1.82) is 0 Å². The first-order valence-electron chi connectivity index (χ1n) is 7.53. The van der Waals surface area contributed by atoms with Gasteiger partial charge in [-0.2, -0.15) is 4.57 Å². The van der Waals surface area contributed by atoms with E-state index in [1.54, 1.807) is 12.1 Å². The number of nitro benzene ring substituents is 1. The summed E-state index contributed by atoms with van der Waals surface area (Å²) in [7, 11) is 0. The van der Waals surface area contributed by atoms with Crippen LogP contribution in [0.1, 0.15) is 18.2 Å². The Balaban J connectivity index is 0.00000208. The smallest absolute Gasteiger partial charge is 0.269 e. The number of pyridine rings is 1. The van der Waals surface area contributed by atoms with Crippen LogP contribution >= 0.6 is 0 Å². The van der Waals surface area contributed by atoms with Crippen LogP contribution in [0.3, 0.4) is 0 Å². The van der Waals surface area contributed by atoms with E-state index in [1.165, 1.54) is 23.0 Å². The maximum atomic E-state index is 10.7. The Labute approximate surface area is 157 Å². The first-order chi connectivity index (χ1) is 11.2. The van der Waals surface area contributed by atoms with Crippen LogP contribution in [0.25, 0.3) is 23.1 Å². The molecule has 2 aromatic carbocycles. The highest BCUT2D eigenvalue weighted by Gasteiger charge is 2.11. The number of halogens is 1. The van der Waals surface area contributed by atoms with Crippen molar-refractivity contribution in [3.05, 3.63) is 82.0 Å². The molecular formula is C19H17IN2O2. The molecule has 0 radical (unpaired) electrons. The van der Waals surface area contributed by atoms with Gasteiger partial charge in [0.25, 0.3) is 5.69 Å². The number of non-ortho nitro benzene ring substituents is 1. The van der Waals surface area contributed by atoms with Crippen molar-refractivity contribution in [1.82, 2.24) is 0 Å². The minimum atomic E-state index is -0.387. The molecule has 0 aliphatic heterocycles. The van der Waals surface area contributed by atoms with Gasteiger partial charge < -0.3 is 24.0 Å². The van der Waals surface area contributed by atoms with Crippen molar-refractivity contribution in [2.24, 2.45) is 0 Å². The van der Waals surface area contributed by atoms with Crippen molar-refractivity contribution < 1.29 is 33.5 Å². The van der Waals surface area contributed by atoms with Gasteiger partial charge in [-0.15, -0.1) is 0 Å². The molecule has 122 valence electrons. The summed E-state index contributed by atoms with van der Waals surface area (Å²) in [5.74, 6) is 0. The lowest BCUT2D eigenvalue weighted by molar-refractivity contribution is -0.669. The number of hydrogen-bond acceptors (Lipinski definition) is 2. The molecule has 0 aliphatic carbocycles. The van der Waals surface area contributed by atoms with Crippen LogP contribution in [-0.2, 0) is 6.54 Å². The van der Waals surface area contributed by atoms with Crippen LogP contribution < -0.4 is 28.5 Å². The highest BCUT2D eigenvalue weighted by Crippen LogP contribution is 2.15. The number of aryl methyl sites for hydroxylation is 1. The van der Waals surface area contributed by atoms with E-state index in [0.717, 1.165) is 17.8 Å². The van der Waals surface area contributed by atoms with Gasteiger partial charge in [0.2, 0.25) is 11.2 Å². The van der Waals surface area contributed by atoms with Gasteiger partial charge in [0, 0.05) is 35.7 Å². The van der Waals surface area contributed by atoms with Crippen molar-refractivity contribution >= 4 is 28.7 Å². The molecule has 0 fully saturated rings. The third kappa shape index (κ3) is 3.79. The standard InChI is InChI=1S/C19H17N2O2.HI/c1-2-20-17(14-10-16-5-3-4-6-19(16)20)11-7-15-8-12-18(13-9-15)21(22)23;/h3-14H,2H2,1H3;1H/q+1;/p-1/b11-7+;. The number of benzene rings is 2. The minimum Gasteiger partial charge on any atom is -1.00 e. The van der Waals surface area contributed by atoms with Gasteiger partial charge >= 0.3 is 0 Å². The zero-order valence-corrected chi connectivity index (χ0v) is 15.4. The lowest BCUT2D eigenvalue weighted by Gasteiger charge is -2.02. The first kappa shape index (κ1) is 18.1. The molecule has 0 spiro atoms. The number of fused-ring (bicyclic) bond motifs is 1. The highest BCUT2D eigenvalue weighted by molar-refractivity contribution is 5.77. The average Bonchev–Trinajstić information content (AvgIpc) is 2.59.